The van der Waals surface area contributed by atoms with Gasteiger partial charge in [-0.25, -0.2) is 0 Å². The first-order chi connectivity index (χ1) is 12.6. The average molecular weight is 353 g/mol. The number of rotatable bonds is 4. The Morgan fingerprint density at radius 1 is 1.19 bits per heavy atom. The number of aliphatic carboxylic acids is 1. The molecule has 1 aromatic heterocycles. The number of nitrogens with zero attached hydrogens (tertiary/aromatic N) is 3. The van der Waals surface area contributed by atoms with E-state index in [2.05, 4.69) is 23.3 Å². The summed E-state index contributed by atoms with van der Waals surface area (Å²) in [7, 11) is 0. The van der Waals surface area contributed by atoms with Crippen LogP contribution in [0.4, 0.5) is 0 Å². The van der Waals surface area contributed by atoms with E-state index < -0.39 is 5.97 Å². The Labute approximate surface area is 152 Å². The van der Waals surface area contributed by atoms with Crippen LogP contribution in [0.5, 0.6) is 0 Å². The van der Waals surface area contributed by atoms with Crippen LogP contribution in [0.3, 0.4) is 0 Å². The lowest BCUT2D eigenvalue weighted by molar-refractivity contribution is -0.138. The van der Waals surface area contributed by atoms with Crippen LogP contribution >= 0.6 is 0 Å². The fraction of sp³-hybridized carbons (Fsp3) is 0.450. The molecule has 1 atom stereocenters. The number of carbonyl (C=O) groups is 2. The fourth-order valence-corrected chi connectivity index (χ4v) is 4.04. The number of aryl methyl sites for hydroxylation is 2. The number of amides is 1. The number of carboxylic acids is 1. The van der Waals surface area contributed by atoms with E-state index in [-0.39, 0.29) is 18.2 Å². The maximum Gasteiger partial charge on any atom is 0.303 e. The fourth-order valence-electron chi connectivity index (χ4n) is 4.04. The molecular weight excluding hydrogens is 330 g/mol. The molecule has 1 amide bonds. The summed E-state index contributed by atoms with van der Waals surface area (Å²) >= 11 is 0. The van der Waals surface area contributed by atoms with Gasteiger partial charge in [0, 0.05) is 18.9 Å². The van der Waals surface area contributed by atoms with Crippen molar-refractivity contribution in [2.45, 2.75) is 45.2 Å². The molecule has 2 heterocycles. The number of hydrogen-bond donors (Lipinski definition) is 1. The molecule has 1 aliphatic heterocycles. The van der Waals surface area contributed by atoms with Gasteiger partial charge in [-0.15, -0.1) is 0 Å². The van der Waals surface area contributed by atoms with Crippen LogP contribution in [0.25, 0.3) is 0 Å². The van der Waals surface area contributed by atoms with Gasteiger partial charge in [0.15, 0.2) is 0 Å². The van der Waals surface area contributed by atoms with Gasteiger partial charge in [-0.3, -0.25) is 14.3 Å². The normalized spacial score (nSPS) is 18.9. The van der Waals surface area contributed by atoms with Crippen molar-refractivity contribution in [3.05, 3.63) is 52.8 Å². The minimum absolute atomic E-state index is 0.0610. The van der Waals surface area contributed by atoms with Gasteiger partial charge in [-0.05, 0) is 36.5 Å². The highest BCUT2D eigenvalue weighted by atomic mass is 16.4. The Bertz CT molecular complexity index is 843. The van der Waals surface area contributed by atoms with Gasteiger partial charge in [0.1, 0.15) is 0 Å². The van der Waals surface area contributed by atoms with E-state index in [9.17, 15) is 9.59 Å². The molecular formula is C20H23N3O3. The van der Waals surface area contributed by atoms with Crippen LogP contribution in [-0.4, -0.2) is 38.2 Å². The summed E-state index contributed by atoms with van der Waals surface area (Å²) in [4.78, 5) is 25.7. The summed E-state index contributed by atoms with van der Waals surface area (Å²) in [6.45, 7) is 1.92. The molecule has 6 heteroatoms. The maximum absolute atomic E-state index is 13.0. The van der Waals surface area contributed by atoms with Crippen LogP contribution in [-0.2, 0) is 41.9 Å². The molecule has 136 valence electrons. The van der Waals surface area contributed by atoms with Gasteiger partial charge in [0.25, 0.3) is 0 Å². The summed E-state index contributed by atoms with van der Waals surface area (Å²) in [6.07, 6.45) is 3.23. The maximum atomic E-state index is 13.0. The molecule has 0 saturated heterocycles. The van der Waals surface area contributed by atoms with Crippen LogP contribution in [0.1, 0.15) is 35.4 Å². The highest BCUT2D eigenvalue weighted by Crippen LogP contribution is 2.28. The summed E-state index contributed by atoms with van der Waals surface area (Å²) in [5.41, 5.74) is 4.47. The van der Waals surface area contributed by atoms with E-state index >= 15 is 0 Å². The van der Waals surface area contributed by atoms with Gasteiger partial charge >= 0.3 is 5.97 Å². The first kappa shape index (κ1) is 16.8. The first-order valence-corrected chi connectivity index (χ1v) is 9.23. The molecule has 4 rings (SSSR count). The number of hydrogen-bond acceptors (Lipinski definition) is 3. The van der Waals surface area contributed by atoms with Gasteiger partial charge in [0.2, 0.25) is 5.91 Å². The lowest BCUT2D eigenvalue weighted by Gasteiger charge is -2.33. The Balaban J connectivity index is 1.42. The molecule has 1 aromatic carbocycles. The Morgan fingerprint density at radius 2 is 2.00 bits per heavy atom. The monoisotopic (exact) mass is 353 g/mol. The zero-order chi connectivity index (χ0) is 18.1. The van der Waals surface area contributed by atoms with Crippen molar-refractivity contribution in [3.8, 4) is 0 Å². The SMILES string of the molecule is O=C(O)CCc1cc2n(n1)CCN(C(=O)[C@@H]1CCc3ccccc3C1)C2. The smallest absolute Gasteiger partial charge is 0.303 e. The molecule has 0 spiro atoms. The van der Waals surface area contributed by atoms with E-state index in [1.807, 2.05) is 21.7 Å². The standard InChI is InChI=1S/C20H23N3O3/c24-19(25)8-7-17-12-18-13-22(9-10-23(18)21-17)20(26)16-6-5-14-3-1-2-4-15(14)11-16/h1-4,12,16H,5-11,13H2,(H,24,25)/t16-/m1/s1. The van der Waals surface area contributed by atoms with E-state index in [0.717, 1.165) is 30.7 Å². The van der Waals surface area contributed by atoms with Crippen LogP contribution in [0, 0.1) is 5.92 Å². The summed E-state index contributed by atoms with van der Waals surface area (Å²) in [5.74, 6) is -0.518. The quantitative estimate of drug-likeness (QED) is 0.913. The first-order valence-electron chi connectivity index (χ1n) is 9.23. The molecule has 0 fully saturated rings. The van der Waals surface area contributed by atoms with Crippen molar-refractivity contribution in [1.82, 2.24) is 14.7 Å². The lowest BCUT2D eigenvalue weighted by atomic mass is 9.83. The van der Waals surface area contributed by atoms with Crippen molar-refractivity contribution in [2.24, 2.45) is 5.92 Å². The molecule has 6 nitrogen and oxygen atoms in total. The third kappa shape index (κ3) is 3.36. The summed E-state index contributed by atoms with van der Waals surface area (Å²) in [6, 6.07) is 10.3. The van der Waals surface area contributed by atoms with E-state index in [1.165, 1.54) is 11.1 Å². The molecule has 2 aliphatic rings. The lowest BCUT2D eigenvalue weighted by Crippen LogP contribution is -2.43. The van der Waals surface area contributed by atoms with Crippen molar-refractivity contribution in [2.75, 3.05) is 6.54 Å². The number of carboxylic acid groups (broad SMARTS) is 1. The molecule has 0 saturated carbocycles. The van der Waals surface area contributed by atoms with Crippen molar-refractivity contribution < 1.29 is 14.7 Å². The molecule has 0 radical (unpaired) electrons. The highest BCUT2D eigenvalue weighted by molar-refractivity contribution is 5.79. The van der Waals surface area contributed by atoms with Crippen molar-refractivity contribution >= 4 is 11.9 Å². The van der Waals surface area contributed by atoms with Crippen molar-refractivity contribution in [1.29, 1.82) is 0 Å². The van der Waals surface area contributed by atoms with E-state index in [1.54, 1.807) is 0 Å². The number of fused-ring (bicyclic) bond motifs is 2. The Morgan fingerprint density at radius 3 is 2.81 bits per heavy atom. The van der Waals surface area contributed by atoms with Gasteiger partial charge in [-0.1, -0.05) is 24.3 Å². The second kappa shape index (κ2) is 6.94. The zero-order valence-electron chi connectivity index (χ0n) is 14.7. The third-order valence-corrected chi connectivity index (χ3v) is 5.45. The molecule has 2 aromatic rings. The van der Waals surface area contributed by atoms with Gasteiger partial charge < -0.3 is 10.0 Å². The van der Waals surface area contributed by atoms with Crippen LogP contribution in [0.15, 0.2) is 30.3 Å². The summed E-state index contributed by atoms with van der Waals surface area (Å²) in [5, 5.41) is 13.3. The molecule has 0 unspecified atom stereocenters. The predicted molar refractivity (Wildman–Crippen MR) is 95.6 cm³/mol. The van der Waals surface area contributed by atoms with Crippen LogP contribution in [0.2, 0.25) is 0 Å². The highest BCUT2D eigenvalue weighted by Gasteiger charge is 2.30. The summed E-state index contributed by atoms with van der Waals surface area (Å²) < 4.78 is 1.91. The molecule has 1 aliphatic carbocycles. The average Bonchev–Trinajstić information content (AvgIpc) is 3.07. The second-order valence-corrected chi connectivity index (χ2v) is 7.21. The second-order valence-electron chi connectivity index (χ2n) is 7.21. The van der Waals surface area contributed by atoms with E-state index in [4.69, 9.17) is 5.11 Å². The van der Waals surface area contributed by atoms with Crippen LogP contribution < -0.4 is 0 Å². The Hall–Kier alpha value is -2.63. The Kier molecular flexibility index (Phi) is 4.49. The third-order valence-electron chi connectivity index (χ3n) is 5.45. The molecule has 1 N–H and O–H groups in total. The van der Waals surface area contributed by atoms with Crippen molar-refractivity contribution in [3.63, 3.8) is 0 Å². The minimum Gasteiger partial charge on any atom is -0.481 e. The molecule has 26 heavy (non-hydrogen) atoms. The molecule has 0 bridgehead atoms. The minimum atomic E-state index is -0.814. The predicted octanol–water partition coefficient (Wildman–Crippen LogP) is 2.05. The largest absolute Gasteiger partial charge is 0.481 e. The van der Waals surface area contributed by atoms with Gasteiger partial charge in [-0.2, -0.15) is 5.10 Å². The zero-order valence-corrected chi connectivity index (χ0v) is 14.7. The number of aromatic nitrogens is 2. The topological polar surface area (TPSA) is 75.4 Å². The van der Waals surface area contributed by atoms with Gasteiger partial charge in [0.05, 0.1) is 30.9 Å². The number of benzene rings is 1. The number of carbonyl (C=O) groups excluding carboxylic acids is 1. The van der Waals surface area contributed by atoms with E-state index in [0.29, 0.717) is 26.1 Å².